The van der Waals surface area contributed by atoms with Gasteiger partial charge in [-0.25, -0.2) is 4.98 Å². The lowest BCUT2D eigenvalue weighted by Gasteiger charge is -2.31. The van der Waals surface area contributed by atoms with Crippen LogP contribution in [0.4, 0.5) is 0 Å². The fourth-order valence-corrected chi connectivity index (χ4v) is 4.45. The molecule has 1 amide bonds. The number of hydrogen-bond acceptors (Lipinski definition) is 3. The smallest absolute Gasteiger partial charge is 0.266 e. The van der Waals surface area contributed by atoms with Crippen molar-refractivity contribution in [2.24, 2.45) is 5.92 Å². The number of unbranched alkanes of at least 4 members (excludes halogenated alkanes) is 2. The van der Waals surface area contributed by atoms with Crippen LogP contribution in [0.3, 0.4) is 0 Å². The molecule has 5 heteroatoms. The van der Waals surface area contributed by atoms with Gasteiger partial charge in [0.2, 0.25) is 5.91 Å². The summed E-state index contributed by atoms with van der Waals surface area (Å²) in [4.78, 5) is 33.9. The highest BCUT2D eigenvalue weighted by molar-refractivity contribution is 5.82. The Labute approximate surface area is 190 Å². The molecule has 0 N–H and O–H groups in total. The molecule has 5 nitrogen and oxygen atoms in total. The van der Waals surface area contributed by atoms with Crippen molar-refractivity contribution in [1.29, 1.82) is 0 Å². The van der Waals surface area contributed by atoms with E-state index in [1.54, 1.807) is 4.57 Å². The fraction of sp³-hybridized carbons (Fsp3) is 0.444. The molecule has 0 saturated heterocycles. The minimum Gasteiger partial charge on any atom is -0.333 e. The number of carbonyl (C=O) groups is 1. The van der Waals surface area contributed by atoms with Gasteiger partial charge in [-0.1, -0.05) is 49.6 Å². The number of benzene rings is 2. The number of para-hydroxylation sites is 1. The van der Waals surface area contributed by atoms with E-state index in [1.165, 1.54) is 0 Å². The van der Waals surface area contributed by atoms with Crippen LogP contribution < -0.4 is 5.56 Å². The Kier molecular flexibility index (Phi) is 6.45. The van der Waals surface area contributed by atoms with Crippen molar-refractivity contribution in [3.63, 3.8) is 0 Å². The maximum Gasteiger partial charge on any atom is 0.266 e. The summed E-state index contributed by atoms with van der Waals surface area (Å²) in [6.45, 7) is 8.94. The normalized spacial score (nSPS) is 14.5. The van der Waals surface area contributed by atoms with Gasteiger partial charge in [0.05, 0.1) is 22.6 Å². The van der Waals surface area contributed by atoms with E-state index in [2.05, 4.69) is 13.0 Å². The highest BCUT2D eigenvalue weighted by Gasteiger charge is 2.36. The molecule has 1 aliphatic rings. The largest absolute Gasteiger partial charge is 0.333 e. The molecular formula is C27H33N3O2. The van der Waals surface area contributed by atoms with Crippen molar-refractivity contribution in [3.05, 3.63) is 69.8 Å². The zero-order valence-corrected chi connectivity index (χ0v) is 19.6. The van der Waals surface area contributed by atoms with Crippen LogP contribution in [0.5, 0.6) is 0 Å². The van der Waals surface area contributed by atoms with Crippen LogP contribution in [0, 0.1) is 19.8 Å². The second-order valence-corrected chi connectivity index (χ2v) is 9.11. The second-order valence-electron chi connectivity index (χ2n) is 9.11. The van der Waals surface area contributed by atoms with E-state index in [1.807, 2.05) is 62.1 Å². The molecule has 4 rings (SSSR count). The molecule has 2 aromatic carbocycles. The van der Waals surface area contributed by atoms with Crippen LogP contribution in [-0.4, -0.2) is 26.9 Å². The van der Waals surface area contributed by atoms with Crippen molar-refractivity contribution < 1.29 is 4.79 Å². The standard InChI is InChI=1S/C27H33N3O2/c1-5-6-9-16-29(26(31)21-13-14-21)20(4)25-28-23-11-8-7-10-22(23)27(32)30(25)24-15-12-18(2)17-19(24)3/h7-8,10-12,15,17,20-21H,5-6,9,13-14,16H2,1-4H3. The Morgan fingerprint density at radius 1 is 1.16 bits per heavy atom. The molecule has 1 fully saturated rings. The van der Waals surface area contributed by atoms with Gasteiger partial charge in [0.1, 0.15) is 5.82 Å². The number of aromatic nitrogens is 2. The minimum atomic E-state index is -0.294. The summed E-state index contributed by atoms with van der Waals surface area (Å²) in [5.74, 6) is 0.954. The van der Waals surface area contributed by atoms with Gasteiger partial charge in [0, 0.05) is 12.5 Å². The maximum atomic E-state index is 13.7. The molecular weight excluding hydrogens is 398 g/mol. The Morgan fingerprint density at radius 3 is 2.59 bits per heavy atom. The average Bonchev–Trinajstić information content (AvgIpc) is 3.62. The summed E-state index contributed by atoms with van der Waals surface area (Å²) < 4.78 is 1.73. The number of carbonyl (C=O) groups excluding carboxylic acids is 1. The number of hydrogen-bond donors (Lipinski definition) is 0. The quantitative estimate of drug-likeness (QED) is 0.443. The number of fused-ring (bicyclic) bond motifs is 1. The van der Waals surface area contributed by atoms with E-state index in [-0.39, 0.29) is 23.4 Å². The van der Waals surface area contributed by atoms with Gasteiger partial charge in [0.15, 0.2) is 0 Å². The van der Waals surface area contributed by atoms with Crippen LogP contribution in [0.15, 0.2) is 47.3 Å². The van der Waals surface area contributed by atoms with Gasteiger partial charge in [0.25, 0.3) is 5.56 Å². The van der Waals surface area contributed by atoms with E-state index < -0.39 is 0 Å². The molecule has 1 unspecified atom stereocenters. The predicted octanol–water partition coefficient (Wildman–Crippen LogP) is 5.49. The second kappa shape index (κ2) is 9.27. The molecule has 1 aromatic heterocycles. The lowest BCUT2D eigenvalue weighted by molar-refractivity contribution is -0.135. The van der Waals surface area contributed by atoms with Crippen molar-refractivity contribution >= 4 is 16.8 Å². The van der Waals surface area contributed by atoms with E-state index in [9.17, 15) is 9.59 Å². The van der Waals surface area contributed by atoms with Crippen LogP contribution in [0.25, 0.3) is 16.6 Å². The zero-order chi connectivity index (χ0) is 22.8. The predicted molar refractivity (Wildman–Crippen MR) is 129 cm³/mol. The first-order valence-corrected chi connectivity index (χ1v) is 11.8. The molecule has 168 valence electrons. The number of rotatable bonds is 8. The summed E-state index contributed by atoms with van der Waals surface area (Å²) in [7, 11) is 0. The minimum absolute atomic E-state index is 0.0863. The fourth-order valence-electron chi connectivity index (χ4n) is 4.45. The van der Waals surface area contributed by atoms with Gasteiger partial charge in [-0.15, -0.1) is 0 Å². The number of aryl methyl sites for hydroxylation is 2. The third-order valence-corrected chi connectivity index (χ3v) is 6.45. The van der Waals surface area contributed by atoms with Crippen molar-refractivity contribution in [2.45, 2.75) is 65.8 Å². The number of amides is 1. The summed E-state index contributed by atoms with van der Waals surface area (Å²) in [6, 6.07) is 13.3. The van der Waals surface area contributed by atoms with Crippen molar-refractivity contribution in [3.8, 4) is 5.69 Å². The third-order valence-electron chi connectivity index (χ3n) is 6.45. The van der Waals surface area contributed by atoms with E-state index in [0.717, 1.165) is 48.9 Å². The third kappa shape index (κ3) is 4.34. The first kappa shape index (κ1) is 22.3. The summed E-state index contributed by atoms with van der Waals surface area (Å²) in [6.07, 6.45) is 5.06. The molecule has 0 bridgehead atoms. The maximum absolute atomic E-state index is 13.7. The van der Waals surface area contributed by atoms with Gasteiger partial charge < -0.3 is 4.90 Å². The Hall–Kier alpha value is -2.95. The highest BCUT2D eigenvalue weighted by Crippen LogP contribution is 2.34. The topological polar surface area (TPSA) is 55.2 Å². The molecule has 3 aromatic rings. The molecule has 32 heavy (non-hydrogen) atoms. The lowest BCUT2D eigenvalue weighted by Crippen LogP contribution is -2.39. The average molecular weight is 432 g/mol. The van der Waals surface area contributed by atoms with Gasteiger partial charge >= 0.3 is 0 Å². The van der Waals surface area contributed by atoms with Crippen molar-refractivity contribution in [2.75, 3.05) is 6.54 Å². The molecule has 0 radical (unpaired) electrons. The van der Waals surface area contributed by atoms with Crippen LogP contribution in [0.1, 0.15) is 68.9 Å². The van der Waals surface area contributed by atoms with Gasteiger partial charge in [-0.05, 0) is 63.8 Å². The molecule has 0 spiro atoms. The van der Waals surface area contributed by atoms with Crippen LogP contribution in [-0.2, 0) is 4.79 Å². The summed E-state index contributed by atoms with van der Waals surface area (Å²) in [5, 5.41) is 0.592. The Bertz CT molecular complexity index is 1190. The van der Waals surface area contributed by atoms with Gasteiger partial charge in [-0.3, -0.25) is 14.2 Å². The zero-order valence-electron chi connectivity index (χ0n) is 19.6. The van der Waals surface area contributed by atoms with Crippen LogP contribution in [0.2, 0.25) is 0 Å². The molecule has 0 aliphatic heterocycles. The number of nitrogens with zero attached hydrogens (tertiary/aromatic N) is 3. The van der Waals surface area contributed by atoms with Gasteiger partial charge in [-0.2, -0.15) is 0 Å². The summed E-state index contributed by atoms with van der Waals surface area (Å²) in [5.41, 5.74) is 3.58. The molecule has 1 atom stereocenters. The van der Waals surface area contributed by atoms with E-state index in [0.29, 0.717) is 23.3 Å². The molecule has 1 heterocycles. The van der Waals surface area contributed by atoms with Crippen molar-refractivity contribution in [1.82, 2.24) is 14.5 Å². The molecule has 1 saturated carbocycles. The first-order chi connectivity index (χ1) is 15.4. The SMILES string of the molecule is CCCCCN(C(=O)C1CC1)C(C)c1nc2ccccc2c(=O)n1-c1ccc(C)cc1C. The summed E-state index contributed by atoms with van der Waals surface area (Å²) >= 11 is 0. The Morgan fingerprint density at radius 2 is 1.91 bits per heavy atom. The Balaban J connectivity index is 1.89. The first-order valence-electron chi connectivity index (χ1n) is 11.8. The highest BCUT2D eigenvalue weighted by atomic mass is 16.2. The van der Waals surface area contributed by atoms with E-state index in [4.69, 9.17) is 4.98 Å². The molecule has 1 aliphatic carbocycles. The van der Waals surface area contributed by atoms with Crippen LogP contribution >= 0.6 is 0 Å². The lowest BCUT2D eigenvalue weighted by atomic mass is 10.1. The monoisotopic (exact) mass is 431 g/mol. The van der Waals surface area contributed by atoms with E-state index >= 15 is 0 Å².